The molecule has 0 saturated carbocycles. The Morgan fingerprint density at radius 2 is 1.08 bits per heavy atom. The molecule has 1 fully saturated rings. The number of anilines is 1. The summed E-state index contributed by atoms with van der Waals surface area (Å²) >= 11 is 0. The van der Waals surface area contributed by atoms with Gasteiger partial charge in [0.1, 0.15) is 28.2 Å². The third-order valence-corrected chi connectivity index (χ3v) is 8.46. The lowest BCUT2D eigenvalue weighted by molar-refractivity contribution is -0.135. The topological polar surface area (TPSA) is 38.8 Å². The first-order valence-electron chi connectivity index (χ1n) is 12.8. The van der Waals surface area contributed by atoms with E-state index in [0.29, 0.717) is 0 Å². The molecule has 2 aliphatic heterocycles. The van der Waals surface area contributed by atoms with Crippen LogP contribution in [0.1, 0.15) is 22.3 Å². The number of β-lactam (4-membered cyclic amide) rings is 1. The van der Waals surface area contributed by atoms with Crippen LogP contribution in [0.3, 0.4) is 0 Å². The van der Waals surface area contributed by atoms with Crippen LogP contribution in [0.2, 0.25) is 0 Å². The van der Waals surface area contributed by atoms with Gasteiger partial charge in [-0.3, -0.25) is 9.69 Å². The van der Waals surface area contributed by atoms with E-state index >= 15 is 4.79 Å². The Kier molecular flexibility index (Phi) is 4.12. The maximum Gasteiger partial charge on any atom is 0.246 e. The summed E-state index contributed by atoms with van der Waals surface area (Å²) < 4.78 is 11.9. The van der Waals surface area contributed by atoms with Crippen molar-refractivity contribution in [2.45, 2.75) is 11.0 Å². The lowest BCUT2D eigenvalue weighted by Gasteiger charge is -2.65. The zero-order valence-electron chi connectivity index (χ0n) is 20.7. The number of methoxy groups -OCH3 is 1. The number of benzene rings is 5. The highest BCUT2D eigenvalue weighted by Crippen LogP contribution is 2.72. The van der Waals surface area contributed by atoms with E-state index in [1.165, 1.54) is 0 Å². The Bertz CT molecular complexity index is 1680. The van der Waals surface area contributed by atoms with Crippen LogP contribution in [-0.4, -0.2) is 13.0 Å². The minimum absolute atomic E-state index is 0.0253. The van der Waals surface area contributed by atoms with Gasteiger partial charge in [0, 0.05) is 16.8 Å². The molecule has 5 aromatic carbocycles. The normalized spacial score (nSPS) is 16.7. The number of carbonyl (C=O) groups is 1. The van der Waals surface area contributed by atoms with E-state index < -0.39 is 11.0 Å². The molecule has 4 heteroatoms. The van der Waals surface area contributed by atoms with E-state index in [-0.39, 0.29) is 5.91 Å². The van der Waals surface area contributed by atoms with Crippen LogP contribution >= 0.6 is 0 Å². The number of para-hydroxylation sites is 2. The smallest absolute Gasteiger partial charge is 0.246 e. The van der Waals surface area contributed by atoms with Crippen molar-refractivity contribution in [3.63, 3.8) is 0 Å². The van der Waals surface area contributed by atoms with Crippen LogP contribution in [0.5, 0.6) is 17.2 Å². The molecule has 1 saturated heterocycles. The van der Waals surface area contributed by atoms with Crippen molar-refractivity contribution in [2.75, 3.05) is 12.0 Å². The molecule has 8 rings (SSSR count). The molecule has 182 valence electrons. The van der Waals surface area contributed by atoms with Crippen LogP contribution in [0.4, 0.5) is 5.69 Å². The van der Waals surface area contributed by atoms with Gasteiger partial charge in [0.25, 0.3) is 0 Å². The highest BCUT2D eigenvalue weighted by atomic mass is 16.5. The molecule has 0 radical (unpaired) electrons. The van der Waals surface area contributed by atoms with Crippen molar-refractivity contribution in [1.82, 2.24) is 0 Å². The number of amides is 1. The summed E-state index contributed by atoms with van der Waals surface area (Å²) in [5, 5.41) is 0. The quantitative estimate of drug-likeness (QED) is 0.247. The van der Waals surface area contributed by atoms with Gasteiger partial charge in [0.2, 0.25) is 5.91 Å². The second kappa shape index (κ2) is 7.36. The van der Waals surface area contributed by atoms with Gasteiger partial charge in [-0.2, -0.15) is 0 Å². The summed E-state index contributed by atoms with van der Waals surface area (Å²) in [6.45, 7) is 0. The first-order chi connectivity index (χ1) is 18.7. The molecule has 38 heavy (non-hydrogen) atoms. The molecule has 0 aromatic heterocycles. The summed E-state index contributed by atoms with van der Waals surface area (Å²) in [6, 6.07) is 40.8. The van der Waals surface area contributed by atoms with Gasteiger partial charge in [0.05, 0.1) is 7.11 Å². The number of rotatable bonds is 2. The zero-order chi connectivity index (χ0) is 25.5. The minimum atomic E-state index is -1.01. The number of ether oxygens (including phenoxy) is 2. The lowest BCUT2D eigenvalue weighted by atomic mass is 9.49. The summed E-state index contributed by atoms with van der Waals surface area (Å²) in [5.74, 6) is 2.21. The van der Waals surface area contributed by atoms with Crippen LogP contribution < -0.4 is 14.4 Å². The van der Waals surface area contributed by atoms with E-state index in [9.17, 15) is 0 Å². The first-order valence-corrected chi connectivity index (χ1v) is 12.8. The van der Waals surface area contributed by atoms with Gasteiger partial charge < -0.3 is 9.47 Å². The molecule has 1 aliphatic carbocycles. The highest BCUT2D eigenvalue weighted by molar-refractivity contribution is 6.19. The average Bonchev–Trinajstić information content (AvgIpc) is 3.29. The molecular formula is C34H23NO3. The molecule has 0 bridgehead atoms. The van der Waals surface area contributed by atoms with E-state index in [1.807, 2.05) is 65.6 Å². The Morgan fingerprint density at radius 3 is 1.61 bits per heavy atom. The van der Waals surface area contributed by atoms with Crippen LogP contribution in [0.15, 0.2) is 121 Å². The number of hydrogen-bond donors (Lipinski definition) is 0. The minimum Gasteiger partial charge on any atom is -0.497 e. The Morgan fingerprint density at radius 1 is 0.605 bits per heavy atom. The maximum absolute atomic E-state index is 15.0. The SMILES string of the molecule is COc1ccc(N2C(=O)C3(c4ccccc4Oc4ccccc43)C23c2ccccc2-c2ccccc23)cc1. The molecule has 0 N–H and O–H groups in total. The van der Waals surface area contributed by atoms with Crippen molar-refractivity contribution in [2.24, 2.45) is 0 Å². The van der Waals surface area contributed by atoms with Crippen molar-refractivity contribution in [1.29, 1.82) is 0 Å². The number of hydrogen-bond acceptors (Lipinski definition) is 3. The van der Waals surface area contributed by atoms with Crippen molar-refractivity contribution < 1.29 is 14.3 Å². The van der Waals surface area contributed by atoms with Crippen molar-refractivity contribution in [3.05, 3.63) is 144 Å². The number of fused-ring (bicyclic) bond motifs is 10. The molecule has 0 atom stereocenters. The third-order valence-electron chi connectivity index (χ3n) is 8.46. The standard InChI is InChI=1S/C34H23NO3/c1-37-23-20-18-22(19-21-23)35-32(36)33(28-14-6-8-16-30(28)38-31-17-9-7-15-29(31)33)34(35)26-12-4-2-10-24(26)25-11-3-5-13-27(25)34/h2-21H,1H3. The summed E-state index contributed by atoms with van der Waals surface area (Å²) in [7, 11) is 1.65. The van der Waals surface area contributed by atoms with Gasteiger partial charge in [-0.1, -0.05) is 84.9 Å². The Hall–Kier alpha value is -4.83. The monoisotopic (exact) mass is 493 g/mol. The van der Waals surface area contributed by atoms with Crippen LogP contribution in [0.25, 0.3) is 11.1 Å². The fraction of sp³-hybridized carbons (Fsp3) is 0.0882. The Labute approximate surface area is 220 Å². The first kappa shape index (κ1) is 21.3. The van der Waals surface area contributed by atoms with E-state index in [2.05, 4.69) is 60.7 Å². The fourth-order valence-corrected chi connectivity index (χ4v) is 7.10. The predicted octanol–water partition coefficient (Wildman–Crippen LogP) is 7.06. The summed E-state index contributed by atoms with van der Waals surface area (Å²) in [5.41, 5.74) is 5.30. The summed E-state index contributed by atoms with van der Waals surface area (Å²) in [6.07, 6.45) is 0. The van der Waals surface area contributed by atoms with E-state index in [1.54, 1.807) is 7.11 Å². The molecular weight excluding hydrogens is 470 g/mol. The third kappa shape index (κ3) is 2.25. The second-order valence-corrected chi connectivity index (χ2v) is 9.98. The molecule has 2 spiro atoms. The molecule has 3 aliphatic rings. The van der Waals surface area contributed by atoms with Gasteiger partial charge >= 0.3 is 0 Å². The van der Waals surface area contributed by atoms with Crippen molar-refractivity contribution in [3.8, 4) is 28.4 Å². The maximum atomic E-state index is 15.0. The van der Waals surface area contributed by atoms with Gasteiger partial charge in [-0.25, -0.2) is 0 Å². The summed E-state index contributed by atoms with van der Waals surface area (Å²) in [4.78, 5) is 17.0. The van der Waals surface area contributed by atoms with Gasteiger partial charge in [-0.15, -0.1) is 0 Å². The van der Waals surface area contributed by atoms with Gasteiger partial charge in [-0.05, 0) is 58.7 Å². The molecule has 0 unspecified atom stereocenters. The Balaban J connectivity index is 1.55. The second-order valence-electron chi connectivity index (χ2n) is 9.98. The molecule has 5 aromatic rings. The molecule has 2 heterocycles. The van der Waals surface area contributed by atoms with Crippen LogP contribution in [-0.2, 0) is 15.7 Å². The van der Waals surface area contributed by atoms with Crippen molar-refractivity contribution >= 4 is 11.6 Å². The molecule has 1 amide bonds. The highest BCUT2D eigenvalue weighted by Gasteiger charge is 2.78. The lowest BCUT2D eigenvalue weighted by Crippen LogP contribution is -2.79. The largest absolute Gasteiger partial charge is 0.497 e. The number of nitrogens with zero attached hydrogens (tertiary/aromatic N) is 1. The number of carbonyl (C=O) groups excluding carboxylic acids is 1. The average molecular weight is 494 g/mol. The molecule has 4 nitrogen and oxygen atoms in total. The fourth-order valence-electron chi connectivity index (χ4n) is 7.10. The van der Waals surface area contributed by atoms with E-state index in [4.69, 9.17) is 9.47 Å². The predicted molar refractivity (Wildman–Crippen MR) is 147 cm³/mol. The van der Waals surface area contributed by atoms with Gasteiger partial charge in [0.15, 0.2) is 0 Å². The van der Waals surface area contributed by atoms with E-state index in [0.717, 1.165) is 56.3 Å². The van der Waals surface area contributed by atoms with Crippen LogP contribution in [0, 0.1) is 0 Å². The zero-order valence-corrected chi connectivity index (χ0v) is 20.7.